The van der Waals surface area contributed by atoms with Crippen LogP contribution in [0.2, 0.25) is 0 Å². The Hall–Kier alpha value is -3.54. The lowest BCUT2D eigenvalue weighted by Crippen LogP contribution is -2.31. The van der Waals surface area contributed by atoms with Gasteiger partial charge >= 0.3 is 5.69 Å². The lowest BCUT2D eigenvalue weighted by atomic mass is 10.2. The van der Waals surface area contributed by atoms with Gasteiger partial charge < -0.3 is 14.0 Å². The molecule has 3 rings (SSSR count). The smallest absolute Gasteiger partial charge is 0.330 e. The quantitative estimate of drug-likeness (QED) is 0.664. The number of ether oxygens (including phenoxy) is 2. The van der Waals surface area contributed by atoms with E-state index in [-0.39, 0.29) is 6.61 Å². The van der Waals surface area contributed by atoms with E-state index in [9.17, 15) is 9.59 Å². The third-order valence-corrected chi connectivity index (χ3v) is 4.49. The largest absolute Gasteiger partial charge is 0.493 e. The van der Waals surface area contributed by atoms with E-state index in [4.69, 9.17) is 14.7 Å². The van der Waals surface area contributed by atoms with Crippen molar-refractivity contribution in [1.82, 2.24) is 19.1 Å². The first-order valence-corrected chi connectivity index (χ1v) is 8.89. The average Bonchev–Trinajstić information content (AvgIpc) is 3.02. The van der Waals surface area contributed by atoms with E-state index < -0.39 is 11.2 Å². The van der Waals surface area contributed by atoms with Crippen LogP contribution in [0.3, 0.4) is 0 Å². The van der Waals surface area contributed by atoms with Crippen molar-refractivity contribution in [3.63, 3.8) is 0 Å². The standard InChI is InChI=1S/C19H21N5O4/c1-4-5-8-24-17-16(18(25)22-19(24)26)23(2)15(21-17)11-28-13-7-6-12(10-20)9-14(13)27-3/h6-7,9H,4-5,8,11H2,1-3H3,(H,22,25,26). The van der Waals surface area contributed by atoms with Crippen molar-refractivity contribution >= 4 is 11.2 Å². The summed E-state index contributed by atoms with van der Waals surface area (Å²) in [6, 6.07) is 6.89. The minimum atomic E-state index is -0.482. The number of aromatic amines is 1. The highest BCUT2D eigenvalue weighted by molar-refractivity contribution is 5.70. The summed E-state index contributed by atoms with van der Waals surface area (Å²) in [4.78, 5) is 31.3. The van der Waals surface area contributed by atoms with Crippen molar-refractivity contribution in [3.05, 3.63) is 50.4 Å². The molecule has 1 aromatic carbocycles. The first kappa shape index (κ1) is 19.2. The van der Waals surface area contributed by atoms with Gasteiger partial charge in [-0.3, -0.25) is 14.3 Å². The molecule has 146 valence electrons. The molecule has 0 fully saturated rings. The molecule has 9 nitrogen and oxygen atoms in total. The summed E-state index contributed by atoms with van der Waals surface area (Å²) < 4.78 is 14.2. The Morgan fingerprint density at radius 1 is 1.29 bits per heavy atom. The second kappa shape index (κ2) is 8.00. The number of nitrogens with one attached hydrogen (secondary N) is 1. The fourth-order valence-corrected chi connectivity index (χ4v) is 2.94. The number of fused-ring (bicyclic) bond motifs is 1. The molecule has 0 unspecified atom stereocenters. The molecule has 0 amide bonds. The van der Waals surface area contributed by atoms with Crippen molar-refractivity contribution in [2.45, 2.75) is 32.9 Å². The number of methoxy groups -OCH3 is 1. The number of aryl methyl sites for hydroxylation is 2. The van der Waals surface area contributed by atoms with Gasteiger partial charge in [-0.1, -0.05) is 13.3 Å². The molecule has 9 heteroatoms. The molecule has 2 heterocycles. The third kappa shape index (κ3) is 3.49. The molecule has 3 aromatic rings. The van der Waals surface area contributed by atoms with Crippen molar-refractivity contribution in [2.24, 2.45) is 7.05 Å². The molecule has 0 spiro atoms. The molecule has 0 aliphatic carbocycles. The van der Waals surface area contributed by atoms with Gasteiger partial charge in [-0.2, -0.15) is 5.26 Å². The average molecular weight is 383 g/mol. The molecular formula is C19H21N5O4. The zero-order chi connectivity index (χ0) is 20.3. The van der Waals surface area contributed by atoms with E-state index in [0.29, 0.717) is 40.6 Å². The van der Waals surface area contributed by atoms with Crippen molar-refractivity contribution in [1.29, 1.82) is 5.26 Å². The van der Waals surface area contributed by atoms with Crippen LogP contribution in [0.4, 0.5) is 0 Å². The summed E-state index contributed by atoms with van der Waals surface area (Å²) >= 11 is 0. The third-order valence-electron chi connectivity index (χ3n) is 4.49. The molecule has 0 bridgehead atoms. The summed E-state index contributed by atoms with van der Waals surface area (Å²) in [7, 11) is 3.19. The number of hydrogen-bond donors (Lipinski definition) is 1. The zero-order valence-corrected chi connectivity index (χ0v) is 16.0. The van der Waals surface area contributed by atoms with Gasteiger partial charge in [-0.05, 0) is 18.6 Å². The molecule has 0 saturated heterocycles. The van der Waals surface area contributed by atoms with Crippen LogP contribution in [-0.4, -0.2) is 26.2 Å². The highest BCUT2D eigenvalue weighted by atomic mass is 16.5. The number of nitrogens with zero attached hydrogens (tertiary/aromatic N) is 4. The van der Waals surface area contributed by atoms with E-state index in [1.54, 1.807) is 29.8 Å². The molecular weight excluding hydrogens is 362 g/mol. The maximum absolute atomic E-state index is 12.3. The molecule has 28 heavy (non-hydrogen) atoms. The van der Waals surface area contributed by atoms with Gasteiger partial charge in [0.05, 0.1) is 18.7 Å². The van der Waals surface area contributed by atoms with E-state index in [0.717, 1.165) is 12.8 Å². The number of unbranched alkanes of at least 4 members (excludes halogenated alkanes) is 1. The number of nitriles is 1. The fraction of sp³-hybridized carbons (Fsp3) is 0.368. The molecule has 1 N–H and O–H groups in total. The van der Waals surface area contributed by atoms with Gasteiger partial charge in [0.15, 0.2) is 22.7 Å². The zero-order valence-electron chi connectivity index (χ0n) is 16.0. The number of aromatic nitrogens is 4. The van der Waals surface area contributed by atoms with Crippen molar-refractivity contribution in [3.8, 4) is 17.6 Å². The number of imidazole rings is 1. The number of benzene rings is 1. The second-order valence-electron chi connectivity index (χ2n) is 6.29. The lowest BCUT2D eigenvalue weighted by molar-refractivity contribution is 0.273. The van der Waals surface area contributed by atoms with Crippen molar-refractivity contribution < 1.29 is 9.47 Å². The molecule has 0 radical (unpaired) electrons. The number of H-pyrrole nitrogens is 1. The molecule has 0 aliphatic rings. The fourth-order valence-electron chi connectivity index (χ4n) is 2.94. The van der Waals surface area contributed by atoms with E-state index in [1.807, 2.05) is 13.0 Å². The Labute approximate surface area is 160 Å². The van der Waals surface area contributed by atoms with Crippen LogP contribution in [-0.2, 0) is 20.2 Å². The van der Waals surface area contributed by atoms with Gasteiger partial charge in [0, 0.05) is 19.7 Å². The lowest BCUT2D eigenvalue weighted by Gasteiger charge is -2.10. The monoisotopic (exact) mass is 383 g/mol. The normalized spacial score (nSPS) is 10.8. The SMILES string of the molecule is CCCCn1c(=O)[nH]c(=O)c2c1nc(COc1ccc(C#N)cc1OC)n2C. The molecule has 0 atom stereocenters. The van der Waals surface area contributed by atoms with Gasteiger partial charge in [0.1, 0.15) is 12.4 Å². The number of hydrogen-bond acceptors (Lipinski definition) is 6. The molecule has 0 aliphatic heterocycles. The van der Waals surface area contributed by atoms with Gasteiger partial charge in [0.25, 0.3) is 5.56 Å². The highest BCUT2D eigenvalue weighted by Crippen LogP contribution is 2.28. The summed E-state index contributed by atoms with van der Waals surface area (Å²) in [6.07, 6.45) is 1.71. The van der Waals surface area contributed by atoms with Gasteiger partial charge in [0.2, 0.25) is 0 Å². The Kier molecular flexibility index (Phi) is 5.49. The van der Waals surface area contributed by atoms with Crippen LogP contribution >= 0.6 is 0 Å². The maximum Gasteiger partial charge on any atom is 0.330 e. The Morgan fingerprint density at radius 3 is 2.75 bits per heavy atom. The molecule has 2 aromatic heterocycles. The van der Waals surface area contributed by atoms with Crippen LogP contribution in [0.5, 0.6) is 11.5 Å². The predicted molar refractivity (Wildman–Crippen MR) is 103 cm³/mol. The number of rotatable bonds is 7. The first-order chi connectivity index (χ1) is 13.5. The molecule has 0 saturated carbocycles. The summed E-state index contributed by atoms with van der Waals surface area (Å²) in [5.41, 5.74) is 0.171. The van der Waals surface area contributed by atoms with Crippen LogP contribution < -0.4 is 20.7 Å². The first-order valence-electron chi connectivity index (χ1n) is 8.89. The highest BCUT2D eigenvalue weighted by Gasteiger charge is 2.17. The summed E-state index contributed by atoms with van der Waals surface area (Å²) in [5, 5.41) is 8.99. The topological polar surface area (TPSA) is 115 Å². The van der Waals surface area contributed by atoms with E-state index in [2.05, 4.69) is 9.97 Å². The van der Waals surface area contributed by atoms with Crippen molar-refractivity contribution in [2.75, 3.05) is 7.11 Å². The summed E-state index contributed by atoms with van der Waals surface area (Å²) in [5.74, 6) is 1.36. The maximum atomic E-state index is 12.3. The predicted octanol–water partition coefficient (Wildman–Crippen LogP) is 1.68. The Bertz CT molecular complexity index is 1170. The van der Waals surface area contributed by atoms with E-state index in [1.165, 1.54) is 11.7 Å². The minimum absolute atomic E-state index is 0.0643. The van der Waals surface area contributed by atoms with Crippen LogP contribution in [0, 0.1) is 11.3 Å². The van der Waals surface area contributed by atoms with Gasteiger partial charge in [-0.15, -0.1) is 0 Å². The van der Waals surface area contributed by atoms with Crippen LogP contribution in [0.1, 0.15) is 31.2 Å². The van der Waals surface area contributed by atoms with E-state index >= 15 is 0 Å². The second-order valence-corrected chi connectivity index (χ2v) is 6.29. The van der Waals surface area contributed by atoms with Crippen LogP contribution in [0.25, 0.3) is 11.2 Å². The minimum Gasteiger partial charge on any atom is -0.493 e. The summed E-state index contributed by atoms with van der Waals surface area (Å²) in [6.45, 7) is 2.56. The van der Waals surface area contributed by atoms with Gasteiger partial charge in [-0.25, -0.2) is 9.78 Å². The Balaban J connectivity index is 1.98. The van der Waals surface area contributed by atoms with Crippen LogP contribution in [0.15, 0.2) is 27.8 Å². The Morgan fingerprint density at radius 2 is 2.07 bits per heavy atom.